The van der Waals surface area contributed by atoms with Gasteiger partial charge in [0, 0.05) is 36.9 Å². The zero-order valence-corrected chi connectivity index (χ0v) is 14.5. The van der Waals surface area contributed by atoms with Gasteiger partial charge in [0.1, 0.15) is 0 Å². The van der Waals surface area contributed by atoms with E-state index in [0.717, 1.165) is 37.6 Å². The van der Waals surface area contributed by atoms with Crippen molar-refractivity contribution in [2.75, 3.05) is 43.4 Å². The number of aromatic nitrogens is 2. The van der Waals surface area contributed by atoms with E-state index in [4.69, 9.17) is 11.6 Å². The van der Waals surface area contributed by atoms with Gasteiger partial charge in [0.2, 0.25) is 0 Å². The number of carbonyl (C=O) groups is 1. The molecule has 1 aromatic heterocycles. The summed E-state index contributed by atoms with van der Waals surface area (Å²) in [5.74, 6) is 0.511. The fraction of sp³-hybridized carbons (Fsp3) is 0.353. The number of carbonyl (C=O) groups excluding carboxylic acids is 1. The van der Waals surface area contributed by atoms with Gasteiger partial charge in [-0.1, -0.05) is 17.7 Å². The summed E-state index contributed by atoms with van der Waals surface area (Å²) in [6.45, 7) is 5.69. The molecule has 0 aliphatic carbocycles. The molecule has 0 unspecified atom stereocenters. The number of halogens is 1. The summed E-state index contributed by atoms with van der Waals surface area (Å²) in [5, 5.41) is 11.7. The van der Waals surface area contributed by atoms with E-state index >= 15 is 0 Å². The van der Waals surface area contributed by atoms with Crippen LogP contribution in [0.5, 0.6) is 0 Å². The predicted octanol–water partition coefficient (Wildman–Crippen LogP) is 2.44. The van der Waals surface area contributed by atoms with Gasteiger partial charge in [-0.25, -0.2) is 0 Å². The molecule has 7 heteroatoms. The van der Waals surface area contributed by atoms with Crippen molar-refractivity contribution in [3.63, 3.8) is 0 Å². The summed E-state index contributed by atoms with van der Waals surface area (Å²) in [6, 6.07) is 8.95. The fourth-order valence-corrected chi connectivity index (χ4v) is 2.75. The molecule has 24 heavy (non-hydrogen) atoms. The van der Waals surface area contributed by atoms with Crippen molar-refractivity contribution in [2.24, 2.45) is 0 Å². The number of nitrogens with one attached hydrogen (secondary N) is 1. The molecule has 3 rings (SSSR count). The van der Waals surface area contributed by atoms with Crippen LogP contribution in [0.15, 0.2) is 30.3 Å². The fourth-order valence-electron chi connectivity index (χ4n) is 2.58. The lowest BCUT2D eigenvalue weighted by Gasteiger charge is -2.32. The van der Waals surface area contributed by atoms with Crippen LogP contribution in [0.4, 0.5) is 11.5 Å². The number of benzene rings is 1. The van der Waals surface area contributed by atoms with Gasteiger partial charge in [-0.15, -0.1) is 10.2 Å². The molecule has 0 saturated carbocycles. The molecule has 2 heterocycles. The van der Waals surface area contributed by atoms with Crippen molar-refractivity contribution in [3.05, 3.63) is 46.6 Å². The molecule has 126 valence electrons. The van der Waals surface area contributed by atoms with Crippen LogP contribution in [0.1, 0.15) is 16.1 Å². The maximum atomic E-state index is 12.3. The Morgan fingerprint density at radius 2 is 1.88 bits per heavy atom. The van der Waals surface area contributed by atoms with Crippen molar-refractivity contribution < 1.29 is 4.79 Å². The lowest BCUT2D eigenvalue weighted by Crippen LogP contribution is -2.44. The van der Waals surface area contributed by atoms with E-state index in [2.05, 4.69) is 32.4 Å². The van der Waals surface area contributed by atoms with Gasteiger partial charge >= 0.3 is 0 Å². The number of hydrogen-bond acceptors (Lipinski definition) is 5. The van der Waals surface area contributed by atoms with E-state index in [1.165, 1.54) is 0 Å². The third-order valence-electron chi connectivity index (χ3n) is 4.23. The molecule has 1 saturated heterocycles. The molecule has 1 aliphatic heterocycles. The second-order valence-electron chi connectivity index (χ2n) is 5.93. The molecule has 6 nitrogen and oxygen atoms in total. The number of amides is 1. The lowest BCUT2D eigenvalue weighted by molar-refractivity contribution is 0.102. The first kappa shape index (κ1) is 16.7. The van der Waals surface area contributed by atoms with Crippen LogP contribution in [0.3, 0.4) is 0 Å². The summed E-state index contributed by atoms with van der Waals surface area (Å²) < 4.78 is 0. The average Bonchev–Trinajstić information content (AvgIpc) is 2.60. The Hall–Kier alpha value is -2.18. The largest absolute Gasteiger partial charge is 0.353 e. The Kier molecular flexibility index (Phi) is 4.97. The van der Waals surface area contributed by atoms with Crippen molar-refractivity contribution in [2.45, 2.75) is 6.92 Å². The second kappa shape index (κ2) is 7.15. The first-order valence-corrected chi connectivity index (χ1v) is 8.26. The van der Waals surface area contributed by atoms with Crippen LogP contribution >= 0.6 is 11.6 Å². The van der Waals surface area contributed by atoms with Gasteiger partial charge in [-0.3, -0.25) is 4.79 Å². The highest BCUT2D eigenvalue weighted by Gasteiger charge is 2.17. The summed E-state index contributed by atoms with van der Waals surface area (Å²) in [7, 11) is 2.11. The molecule has 1 aromatic carbocycles. The molecule has 0 atom stereocenters. The molecule has 2 aromatic rings. The highest BCUT2D eigenvalue weighted by Crippen LogP contribution is 2.23. The number of likely N-dealkylation sites (N-methyl/N-ethyl adjacent to an activating group) is 1. The molecule has 1 fully saturated rings. The van der Waals surface area contributed by atoms with E-state index in [-0.39, 0.29) is 11.6 Å². The minimum atomic E-state index is -0.294. The predicted molar refractivity (Wildman–Crippen MR) is 95.9 cm³/mol. The third-order valence-corrected chi connectivity index (χ3v) is 4.64. The second-order valence-corrected chi connectivity index (χ2v) is 6.34. The Morgan fingerprint density at radius 1 is 1.12 bits per heavy atom. The molecule has 1 amide bonds. The standard InChI is InChI=1S/C17H20ClN5O/c1-12-13(18)4-3-5-14(12)19-17(24)15-6-7-16(21-20-15)23-10-8-22(2)9-11-23/h3-7H,8-11H2,1-2H3,(H,19,24). The van der Waals surface area contributed by atoms with Crippen molar-refractivity contribution in [1.29, 1.82) is 0 Å². The van der Waals surface area contributed by atoms with Crippen LogP contribution in [-0.4, -0.2) is 54.2 Å². The highest BCUT2D eigenvalue weighted by atomic mass is 35.5. The van der Waals surface area contributed by atoms with Crippen molar-refractivity contribution in [1.82, 2.24) is 15.1 Å². The first-order valence-electron chi connectivity index (χ1n) is 7.88. The number of piperazine rings is 1. The SMILES string of the molecule is Cc1c(Cl)cccc1NC(=O)c1ccc(N2CCN(C)CC2)nn1. The summed E-state index contributed by atoms with van der Waals surface area (Å²) >= 11 is 6.07. The first-order chi connectivity index (χ1) is 11.5. The zero-order chi connectivity index (χ0) is 17.1. The van der Waals surface area contributed by atoms with Crippen LogP contribution in [0, 0.1) is 6.92 Å². The normalized spacial score (nSPS) is 15.4. The van der Waals surface area contributed by atoms with Crippen LogP contribution in [0.2, 0.25) is 5.02 Å². The maximum Gasteiger partial charge on any atom is 0.276 e. The van der Waals surface area contributed by atoms with E-state index in [1.54, 1.807) is 18.2 Å². The molecule has 0 spiro atoms. The molecular formula is C17H20ClN5O. The van der Waals surface area contributed by atoms with Gasteiger partial charge in [-0.2, -0.15) is 0 Å². The Bertz CT molecular complexity index is 726. The molecule has 1 aliphatic rings. The smallest absolute Gasteiger partial charge is 0.276 e. The maximum absolute atomic E-state index is 12.3. The summed E-state index contributed by atoms with van der Waals surface area (Å²) in [6.07, 6.45) is 0. The number of rotatable bonds is 3. The van der Waals surface area contributed by atoms with E-state index < -0.39 is 0 Å². The molecule has 0 radical (unpaired) electrons. The van der Waals surface area contributed by atoms with E-state index in [9.17, 15) is 4.79 Å². The van der Waals surface area contributed by atoms with Gasteiger partial charge in [0.15, 0.2) is 11.5 Å². The summed E-state index contributed by atoms with van der Waals surface area (Å²) in [4.78, 5) is 16.8. The van der Waals surface area contributed by atoms with Gasteiger partial charge in [0.05, 0.1) is 0 Å². The van der Waals surface area contributed by atoms with Crippen LogP contribution < -0.4 is 10.2 Å². The number of nitrogens with zero attached hydrogens (tertiary/aromatic N) is 4. The number of hydrogen-bond donors (Lipinski definition) is 1. The van der Waals surface area contributed by atoms with Crippen molar-refractivity contribution >= 4 is 29.0 Å². The molecule has 1 N–H and O–H groups in total. The van der Waals surface area contributed by atoms with Gasteiger partial charge in [0.25, 0.3) is 5.91 Å². The Balaban J connectivity index is 1.69. The zero-order valence-electron chi connectivity index (χ0n) is 13.8. The quantitative estimate of drug-likeness (QED) is 0.925. The van der Waals surface area contributed by atoms with Crippen molar-refractivity contribution in [3.8, 4) is 0 Å². The molecule has 0 bridgehead atoms. The Labute approximate surface area is 146 Å². The van der Waals surface area contributed by atoms with Crippen LogP contribution in [-0.2, 0) is 0 Å². The van der Waals surface area contributed by atoms with E-state index in [0.29, 0.717) is 10.7 Å². The monoisotopic (exact) mass is 345 g/mol. The average molecular weight is 346 g/mol. The lowest BCUT2D eigenvalue weighted by atomic mass is 10.2. The number of anilines is 2. The minimum absolute atomic E-state index is 0.284. The van der Waals surface area contributed by atoms with Gasteiger partial charge in [-0.05, 0) is 43.8 Å². The highest BCUT2D eigenvalue weighted by molar-refractivity contribution is 6.31. The van der Waals surface area contributed by atoms with E-state index in [1.807, 2.05) is 19.1 Å². The molecular weight excluding hydrogens is 326 g/mol. The summed E-state index contributed by atoms with van der Waals surface area (Å²) in [5.41, 5.74) is 1.79. The third kappa shape index (κ3) is 3.66. The Morgan fingerprint density at radius 3 is 2.54 bits per heavy atom. The van der Waals surface area contributed by atoms with Gasteiger partial charge < -0.3 is 15.1 Å². The topological polar surface area (TPSA) is 61.4 Å². The minimum Gasteiger partial charge on any atom is -0.353 e. The van der Waals surface area contributed by atoms with Crippen LogP contribution in [0.25, 0.3) is 0 Å².